The number of pyridine rings is 1. The van der Waals surface area contributed by atoms with E-state index in [1.807, 2.05) is 24.3 Å². The molecule has 2 aromatic carbocycles. The molecule has 5 rings (SSSR count). The highest BCUT2D eigenvalue weighted by Crippen LogP contribution is 2.24. The van der Waals surface area contributed by atoms with Crippen molar-refractivity contribution in [2.24, 2.45) is 0 Å². The predicted molar refractivity (Wildman–Crippen MR) is 127 cm³/mol. The Labute approximate surface area is 195 Å². The lowest BCUT2D eigenvalue weighted by Crippen LogP contribution is -2.13. The van der Waals surface area contributed by atoms with Crippen molar-refractivity contribution in [1.82, 2.24) is 24.8 Å². The maximum atomic E-state index is 12.7. The van der Waals surface area contributed by atoms with Crippen LogP contribution in [0, 0.1) is 0 Å². The fourth-order valence-corrected chi connectivity index (χ4v) is 4.47. The number of rotatable bonds is 6. The number of nitrogens with one attached hydrogen (secondary N) is 1. The number of carbonyl (C=O) groups excluding carboxylic acids is 1. The molecule has 0 amide bonds. The van der Waals surface area contributed by atoms with Gasteiger partial charge in [-0.15, -0.1) is 10.2 Å². The Kier molecular flexibility index (Phi) is 5.34. The molecule has 3 heterocycles. The monoisotopic (exact) mass is 470 g/mol. The van der Waals surface area contributed by atoms with E-state index in [2.05, 4.69) is 25.0 Å². The first-order valence-corrected chi connectivity index (χ1v) is 11.8. The Balaban J connectivity index is 1.40. The molecule has 0 radical (unpaired) electrons. The van der Waals surface area contributed by atoms with Gasteiger partial charge in [0.15, 0.2) is 17.3 Å². The molecule has 5 aromatic rings. The zero-order valence-electron chi connectivity index (χ0n) is 18.0. The molecule has 0 unspecified atom stereocenters. The maximum Gasteiger partial charge on any atom is 0.261 e. The van der Waals surface area contributed by atoms with Gasteiger partial charge in [0, 0.05) is 34.8 Å². The summed E-state index contributed by atoms with van der Waals surface area (Å²) in [5, 5.41) is 13.0. The topological polar surface area (TPSA) is 119 Å². The molecule has 3 aromatic heterocycles. The number of aromatic nitrogens is 5. The van der Waals surface area contributed by atoms with Crippen molar-refractivity contribution in [1.29, 1.82) is 0 Å². The lowest BCUT2D eigenvalue weighted by Gasteiger charge is -2.09. The number of nitrogens with zero attached hydrogens (tertiary/aromatic N) is 5. The highest BCUT2D eigenvalue weighted by atomic mass is 32.2. The van der Waals surface area contributed by atoms with Gasteiger partial charge < -0.3 is 0 Å². The molecule has 0 aliphatic rings. The van der Waals surface area contributed by atoms with E-state index >= 15 is 0 Å². The predicted octanol–water partition coefficient (Wildman–Crippen LogP) is 3.86. The van der Waals surface area contributed by atoms with E-state index in [-0.39, 0.29) is 10.7 Å². The van der Waals surface area contributed by atoms with Gasteiger partial charge in [-0.25, -0.2) is 8.42 Å². The number of carbonyl (C=O) groups is 1. The van der Waals surface area contributed by atoms with Crippen molar-refractivity contribution in [2.45, 2.75) is 11.8 Å². The summed E-state index contributed by atoms with van der Waals surface area (Å²) in [4.78, 5) is 15.5. The third kappa shape index (κ3) is 4.14. The summed E-state index contributed by atoms with van der Waals surface area (Å²) < 4.78 is 29.6. The molecule has 10 heteroatoms. The van der Waals surface area contributed by atoms with Crippen LogP contribution < -0.4 is 4.72 Å². The molecular formula is C24H18N6O3S. The first kappa shape index (κ1) is 21.4. The summed E-state index contributed by atoms with van der Waals surface area (Å²) in [5.41, 5.74) is 3.78. The second-order valence-corrected chi connectivity index (χ2v) is 9.19. The minimum absolute atomic E-state index is 0.0740. The van der Waals surface area contributed by atoms with Crippen LogP contribution in [0.25, 0.3) is 28.3 Å². The largest absolute Gasteiger partial charge is 0.295 e. The van der Waals surface area contributed by atoms with Gasteiger partial charge in [-0.2, -0.15) is 9.61 Å². The molecular weight excluding hydrogens is 452 g/mol. The molecule has 1 N–H and O–H groups in total. The van der Waals surface area contributed by atoms with Crippen molar-refractivity contribution >= 4 is 27.1 Å². The highest BCUT2D eigenvalue weighted by Gasteiger charge is 2.15. The quantitative estimate of drug-likeness (QED) is 0.374. The number of anilines is 1. The standard InChI is InChI=1S/C24H18N6O3S/c1-16(31)17-4-8-21(9-5-17)34(32,33)29-20-6-2-18(3-7-20)22-10-11-23-26-27-24(30(23)28-22)19-12-14-25-15-13-19/h2-15,29H,1H3. The third-order valence-corrected chi connectivity index (χ3v) is 6.60. The van der Waals surface area contributed by atoms with Gasteiger partial charge in [-0.1, -0.05) is 24.3 Å². The van der Waals surface area contributed by atoms with Crippen LogP contribution in [0.2, 0.25) is 0 Å². The lowest BCUT2D eigenvalue weighted by molar-refractivity contribution is 0.101. The Bertz CT molecular complexity index is 1600. The number of sulfonamides is 1. The Morgan fingerprint density at radius 2 is 1.53 bits per heavy atom. The normalized spacial score (nSPS) is 11.4. The fourth-order valence-electron chi connectivity index (χ4n) is 3.42. The van der Waals surface area contributed by atoms with Crippen LogP contribution in [0.5, 0.6) is 0 Å². The second-order valence-electron chi connectivity index (χ2n) is 7.51. The molecule has 0 aliphatic heterocycles. The minimum atomic E-state index is -3.79. The molecule has 0 saturated carbocycles. The Hall–Kier alpha value is -4.44. The summed E-state index contributed by atoms with van der Waals surface area (Å²) in [6.07, 6.45) is 3.36. The van der Waals surface area contributed by atoms with Gasteiger partial charge in [0.05, 0.1) is 10.6 Å². The van der Waals surface area contributed by atoms with E-state index < -0.39 is 10.0 Å². The van der Waals surface area contributed by atoms with Crippen molar-refractivity contribution in [3.05, 3.63) is 90.8 Å². The zero-order chi connectivity index (χ0) is 23.7. The van der Waals surface area contributed by atoms with Crippen LogP contribution >= 0.6 is 0 Å². The SMILES string of the molecule is CC(=O)c1ccc(S(=O)(=O)Nc2ccc(-c3ccc4nnc(-c5ccncc5)n4n3)cc2)cc1. The summed E-state index contributed by atoms with van der Waals surface area (Å²) in [5.74, 6) is 0.470. The summed E-state index contributed by atoms with van der Waals surface area (Å²) in [6, 6.07) is 20.0. The number of Topliss-reactive ketones (excluding diaryl/α,β-unsaturated/α-hetero) is 1. The molecule has 34 heavy (non-hydrogen) atoms. The Morgan fingerprint density at radius 1 is 0.824 bits per heavy atom. The van der Waals surface area contributed by atoms with E-state index in [4.69, 9.17) is 0 Å². The molecule has 9 nitrogen and oxygen atoms in total. The van der Waals surface area contributed by atoms with Gasteiger partial charge in [-0.05, 0) is 55.5 Å². The zero-order valence-corrected chi connectivity index (χ0v) is 18.8. The number of hydrogen-bond acceptors (Lipinski definition) is 7. The first-order chi connectivity index (χ1) is 16.4. The highest BCUT2D eigenvalue weighted by molar-refractivity contribution is 7.92. The van der Waals surface area contributed by atoms with Crippen LogP contribution in [0.15, 0.2) is 90.1 Å². The summed E-state index contributed by atoms with van der Waals surface area (Å²) >= 11 is 0. The van der Waals surface area contributed by atoms with Gasteiger partial charge in [0.25, 0.3) is 10.0 Å². The third-order valence-electron chi connectivity index (χ3n) is 5.21. The van der Waals surface area contributed by atoms with Crippen molar-refractivity contribution in [3.63, 3.8) is 0 Å². The number of ketones is 1. The van der Waals surface area contributed by atoms with Crippen LogP contribution in [-0.4, -0.2) is 39.0 Å². The van der Waals surface area contributed by atoms with Crippen LogP contribution in [0.1, 0.15) is 17.3 Å². The molecule has 0 fully saturated rings. The molecule has 0 aliphatic carbocycles. The molecule has 0 bridgehead atoms. The fraction of sp³-hybridized carbons (Fsp3) is 0.0417. The van der Waals surface area contributed by atoms with Crippen molar-refractivity contribution in [3.8, 4) is 22.6 Å². The smallest absolute Gasteiger partial charge is 0.261 e. The first-order valence-electron chi connectivity index (χ1n) is 10.3. The molecule has 0 atom stereocenters. The van der Waals surface area contributed by atoms with Gasteiger partial charge in [0.2, 0.25) is 0 Å². The minimum Gasteiger partial charge on any atom is -0.295 e. The van der Waals surface area contributed by atoms with Crippen molar-refractivity contribution in [2.75, 3.05) is 4.72 Å². The van der Waals surface area contributed by atoms with E-state index in [0.717, 1.165) is 11.1 Å². The average Bonchev–Trinajstić information content (AvgIpc) is 3.28. The van der Waals surface area contributed by atoms with E-state index in [1.165, 1.54) is 31.2 Å². The van der Waals surface area contributed by atoms with Gasteiger partial charge in [0.1, 0.15) is 0 Å². The summed E-state index contributed by atoms with van der Waals surface area (Å²) in [6.45, 7) is 1.43. The van der Waals surface area contributed by atoms with E-state index in [1.54, 1.807) is 41.2 Å². The van der Waals surface area contributed by atoms with Crippen LogP contribution in [-0.2, 0) is 10.0 Å². The molecule has 0 spiro atoms. The van der Waals surface area contributed by atoms with Crippen LogP contribution in [0.4, 0.5) is 5.69 Å². The maximum absolute atomic E-state index is 12.7. The van der Waals surface area contributed by atoms with E-state index in [9.17, 15) is 13.2 Å². The second kappa shape index (κ2) is 8.49. The van der Waals surface area contributed by atoms with Gasteiger partial charge >= 0.3 is 0 Å². The van der Waals surface area contributed by atoms with E-state index in [0.29, 0.717) is 28.4 Å². The van der Waals surface area contributed by atoms with Crippen LogP contribution in [0.3, 0.4) is 0 Å². The number of benzene rings is 2. The average molecular weight is 471 g/mol. The van der Waals surface area contributed by atoms with Crippen molar-refractivity contribution < 1.29 is 13.2 Å². The summed E-state index contributed by atoms with van der Waals surface area (Å²) in [7, 11) is -3.79. The molecule has 168 valence electrons. The van der Waals surface area contributed by atoms with Gasteiger partial charge in [-0.3, -0.25) is 14.5 Å². The number of hydrogen-bond donors (Lipinski definition) is 1. The number of fused-ring (bicyclic) bond motifs is 1. The lowest BCUT2D eigenvalue weighted by atomic mass is 10.1. The molecule has 0 saturated heterocycles. The Morgan fingerprint density at radius 3 is 2.21 bits per heavy atom.